The first kappa shape index (κ1) is 26.7. The second-order valence-electron chi connectivity index (χ2n) is 11.4. The highest BCUT2D eigenvalue weighted by Gasteiger charge is 2.20. The van der Waals surface area contributed by atoms with Crippen molar-refractivity contribution in [2.75, 3.05) is 0 Å². The van der Waals surface area contributed by atoms with Crippen LogP contribution in [0.25, 0.3) is 50.3 Å². The minimum atomic E-state index is 0.337. The van der Waals surface area contributed by atoms with Gasteiger partial charge < -0.3 is 9.15 Å². The quantitative estimate of drug-likeness (QED) is 0.193. The molecule has 0 fully saturated rings. The van der Waals surface area contributed by atoms with Gasteiger partial charge in [-0.2, -0.15) is 5.10 Å². The van der Waals surface area contributed by atoms with Crippen LogP contribution in [-0.4, -0.2) is 19.7 Å². The number of ether oxygens (including phenoxy) is 1. The van der Waals surface area contributed by atoms with Crippen LogP contribution < -0.4 is 4.74 Å². The van der Waals surface area contributed by atoms with E-state index in [4.69, 9.17) is 19.2 Å². The monoisotopic (exact) mass is 564 g/mol. The number of pyridine rings is 1. The predicted molar refractivity (Wildman–Crippen MR) is 172 cm³/mol. The minimum Gasteiger partial charge on any atom is -0.455 e. The lowest BCUT2D eigenvalue weighted by atomic mass is 9.92. The fraction of sp³-hybridized carbons (Fsp3) is 0.162. The van der Waals surface area contributed by atoms with Crippen molar-refractivity contribution in [3.8, 4) is 40.0 Å². The summed E-state index contributed by atoms with van der Waals surface area (Å²) < 4.78 is 14.5. The maximum absolute atomic E-state index is 6.32. The number of hydrogen-bond acceptors (Lipinski definition) is 5. The zero-order chi connectivity index (χ0) is 29.5. The van der Waals surface area contributed by atoms with Crippen molar-refractivity contribution in [2.24, 2.45) is 0 Å². The first-order valence-corrected chi connectivity index (χ1v) is 14.7. The third-order valence-electron chi connectivity index (χ3n) is 7.82. The highest BCUT2D eigenvalue weighted by Crippen LogP contribution is 2.37. The fourth-order valence-electron chi connectivity index (χ4n) is 5.75. The number of rotatable bonds is 7. The second kappa shape index (κ2) is 10.9. The Bertz CT molecular complexity index is 2060. The molecule has 0 amide bonds. The fourth-order valence-corrected chi connectivity index (χ4v) is 5.75. The van der Waals surface area contributed by atoms with Gasteiger partial charge in [0.05, 0.1) is 11.4 Å². The number of benzene rings is 4. The number of fused-ring (bicyclic) bond motifs is 3. The van der Waals surface area contributed by atoms with Crippen LogP contribution in [0.15, 0.2) is 114 Å². The first-order chi connectivity index (χ1) is 21.0. The van der Waals surface area contributed by atoms with Gasteiger partial charge in [0.15, 0.2) is 5.82 Å². The smallest absolute Gasteiger partial charge is 0.219 e. The zero-order valence-corrected chi connectivity index (χ0v) is 24.7. The van der Waals surface area contributed by atoms with Crippen LogP contribution in [0.1, 0.15) is 50.7 Å². The van der Waals surface area contributed by atoms with E-state index in [2.05, 4.69) is 63.0 Å². The molecule has 3 aromatic heterocycles. The third-order valence-corrected chi connectivity index (χ3v) is 7.82. The van der Waals surface area contributed by atoms with E-state index in [-0.39, 0.29) is 0 Å². The summed E-state index contributed by atoms with van der Waals surface area (Å²) in [6.07, 6.45) is 1.62. The molecule has 0 unspecified atom stereocenters. The average molecular weight is 565 g/mol. The van der Waals surface area contributed by atoms with Gasteiger partial charge in [0.25, 0.3) is 0 Å². The van der Waals surface area contributed by atoms with Crippen molar-refractivity contribution in [3.63, 3.8) is 0 Å². The van der Waals surface area contributed by atoms with E-state index in [0.717, 1.165) is 50.3 Å². The lowest BCUT2D eigenvalue weighted by Crippen LogP contribution is -2.09. The summed E-state index contributed by atoms with van der Waals surface area (Å²) in [4.78, 5) is 9.55. The predicted octanol–water partition coefficient (Wildman–Crippen LogP) is 9.93. The number of aromatic nitrogens is 4. The minimum absolute atomic E-state index is 0.337. The van der Waals surface area contributed by atoms with Gasteiger partial charge in [-0.1, -0.05) is 94.4 Å². The Balaban J connectivity index is 1.24. The van der Waals surface area contributed by atoms with E-state index >= 15 is 0 Å². The summed E-state index contributed by atoms with van der Waals surface area (Å²) >= 11 is 0. The van der Waals surface area contributed by atoms with E-state index < -0.39 is 0 Å². The van der Waals surface area contributed by atoms with Crippen LogP contribution in [-0.2, 0) is 0 Å². The molecule has 4 aromatic carbocycles. The molecule has 0 aliphatic carbocycles. The molecule has 6 heteroatoms. The third kappa shape index (κ3) is 4.85. The van der Waals surface area contributed by atoms with Gasteiger partial charge >= 0.3 is 0 Å². The van der Waals surface area contributed by atoms with Gasteiger partial charge in [0, 0.05) is 28.0 Å². The van der Waals surface area contributed by atoms with E-state index in [1.165, 1.54) is 11.1 Å². The molecule has 0 atom stereocenters. The highest BCUT2D eigenvalue weighted by molar-refractivity contribution is 6.09. The summed E-state index contributed by atoms with van der Waals surface area (Å²) in [6, 6.07) is 34.5. The van der Waals surface area contributed by atoms with Crippen LogP contribution in [0.5, 0.6) is 11.6 Å². The summed E-state index contributed by atoms with van der Waals surface area (Å²) in [5.41, 5.74) is 7.87. The van der Waals surface area contributed by atoms with Crippen LogP contribution in [0.3, 0.4) is 0 Å². The Labute approximate surface area is 250 Å². The van der Waals surface area contributed by atoms with Crippen LogP contribution in [0.2, 0.25) is 0 Å². The lowest BCUT2D eigenvalue weighted by Gasteiger charge is -2.20. The SMILES string of the molecule is CC(C)c1cccc(C(C)C)c1-n1ncnc1-c1cccc(Oc2cccc(-c3cccc4c3oc3ccccc34)n2)c1. The number of para-hydroxylation sites is 3. The molecule has 0 N–H and O–H groups in total. The maximum Gasteiger partial charge on any atom is 0.219 e. The number of nitrogens with zero attached hydrogens (tertiary/aromatic N) is 4. The molecular weight excluding hydrogens is 532 g/mol. The van der Waals surface area contributed by atoms with Crippen molar-refractivity contribution >= 4 is 21.9 Å². The van der Waals surface area contributed by atoms with E-state index in [9.17, 15) is 0 Å². The Morgan fingerprint density at radius 3 is 2.26 bits per heavy atom. The summed E-state index contributed by atoms with van der Waals surface area (Å²) in [5, 5.41) is 6.85. The van der Waals surface area contributed by atoms with E-state index in [0.29, 0.717) is 23.5 Å². The molecule has 6 nitrogen and oxygen atoms in total. The molecule has 0 bridgehead atoms. The van der Waals surface area contributed by atoms with E-state index in [1.54, 1.807) is 6.33 Å². The van der Waals surface area contributed by atoms with Gasteiger partial charge in [-0.25, -0.2) is 14.6 Å². The summed E-state index contributed by atoms with van der Waals surface area (Å²) in [5.74, 6) is 2.60. The van der Waals surface area contributed by atoms with Crippen LogP contribution in [0, 0.1) is 0 Å². The molecule has 0 aliphatic heterocycles. The van der Waals surface area contributed by atoms with Crippen molar-refractivity contribution < 1.29 is 9.15 Å². The average Bonchev–Trinajstić information content (AvgIpc) is 3.66. The van der Waals surface area contributed by atoms with Gasteiger partial charge in [-0.15, -0.1) is 0 Å². The zero-order valence-electron chi connectivity index (χ0n) is 24.7. The summed E-state index contributed by atoms with van der Waals surface area (Å²) in [7, 11) is 0. The molecule has 43 heavy (non-hydrogen) atoms. The van der Waals surface area contributed by atoms with Crippen molar-refractivity contribution in [1.82, 2.24) is 19.7 Å². The maximum atomic E-state index is 6.32. The molecule has 7 aromatic rings. The van der Waals surface area contributed by atoms with Gasteiger partial charge in [-0.3, -0.25) is 0 Å². The molecule has 3 heterocycles. The number of hydrogen-bond donors (Lipinski definition) is 0. The first-order valence-electron chi connectivity index (χ1n) is 14.7. The molecular formula is C37H32N4O2. The highest BCUT2D eigenvalue weighted by atomic mass is 16.5. The molecule has 0 saturated carbocycles. The number of furan rings is 1. The summed E-state index contributed by atoms with van der Waals surface area (Å²) in [6.45, 7) is 8.85. The normalized spacial score (nSPS) is 11.7. The molecule has 0 saturated heterocycles. The van der Waals surface area contributed by atoms with Gasteiger partial charge in [-0.05, 0) is 53.3 Å². The van der Waals surface area contributed by atoms with Gasteiger partial charge in [0.2, 0.25) is 5.88 Å². The molecule has 0 radical (unpaired) electrons. The molecule has 0 spiro atoms. The molecule has 7 rings (SSSR count). The lowest BCUT2D eigenvalue weighted by molar-refractivity contribution is 0.464. The Kier molecular flexibility index (Phi) is 6.74. The van der Waals surface area contributed by atoms with E-state index in [1.807, 2.05) is 77.5 Å². The molecule has 0 aliphatic rings. The molecule has 212 valence electrons. The van der Waals surface area contributed by atoms with Crippen molar-refractivity contribution in [1.29, 1.82) is 0 Å². The Hall–Kier alpha value is -5.23. The van der Waals surface area contributed by atoms with Crippen LogP contribution >= 0.6 is 0 Å². The van der Waals surface area contributed by atoms with Crippen molar-refractivity contribution in [2.45, 2.75) is 39.5 Å². The van der Waals surface area contributed by atoms with Gasteiger partial charge in [0.1, 0.15) is 23.2 Å². The standard InChI is InChI=1S/C37H32N4O2/c1-23(2)27-14-8-15-28(24(3)4)35(27)41-37(38-22-39-41)25-11-7-12-26(21-25)42-34-20-10-18-32(40-34)31-17-9-16-30-29-13-5-6-19-33(29)43-36(30)31/h5-24H,1-4H3. The topological polar surface area (TPSA) is 66.0 Å². The Morgan fingerprint density at radius 2 is 1.44 bits per heavy atom. The van der Waals surface area contributed by atoms with Crippen LogP contribution in [0.4, 0.5) is 0 Å². The largest absolute Gasteiger partial charge is 0.455 e. The van der Waals surface area contributed by atoms with Crippen molar-refractivity contribution in [3.05, 3.63) is 121 Å². The second-order valence-corrected chi connectivity index (χ2v) is 11.4. The Morgan fingerprint density at radius 1 is 0.721 bits per heavy atom.